The topological polar surface area (TPSA) is 55.6 Å². The highest BCUT2D eigenvalue weighted by molar-refractivity contribution is 5.41. The second kappa shape index (κ2) is 5.63. The number of aryl methyl sites for hydroxylation is 1. The largest absolute Gasteiger partial charge is 0.495 e. The SMILES string of the molecule is COc1ccc2nc(CCC3CCNC3)cc(=O)n2c1. The monoisotopic (exact) mass is 273 g/mol. The maximum absolute atomic E-state index is 12.1. The minimum Gasteiger partial charge on any atom is -0.495 e. The summed E-state index contributed by atoms with van der Waals surface area (Å²) in [5, 5.41) is 3.36. The first kappa shape index (κ1) is 13.1. The number of fused-ring (bicyclic) bond motifs is 1. The zero-order valence-corrected chi connectivity index (χ0v) is 11.6. The van der Waals surface area contributed by atoms with Crippen LogP contribution in [0.5, 0.6) is 5.75 Å². The molecule has 3 heterocycles. The third-order valence-electron chi connectivity index (χ3n) is 3.89. The third kappa shape index (κ3) is 2.67. The molecule has 0 bridgehead atoms. The Morgan fingerprint density at radius 3 is 3.15 bits per heavy atom. The molecule has 2 aromatic heterocycles. The highest BCUT2D eigenvalue weighted by Gasteiger charge is 2.14. The molecule has 5 heteroatoms. The molecule has 0 saturated carbocycles. The number of hydrogen-bond donors (Lipinski definition) is 1. The van der Waals surface area contributed by atoms with Gasteiger partial charge in [0.1, 0.15) is 11.4 Å². The molecule has 3 rings (SSSR count). The van der Waals surface area contributed by atoms with Crippen LogP contribution in [0.25, 0.3) is 5.65 Å². The first-order chi connectivity index (χ1) is 9.76. The zero-order chi connectivity index (χ0) is 13.9. The van der Waals surface area contributed by atoms with E-state index >= 15 is 0 Å². The van der Waals surface area contributed by atoms with E-state index in [1.54, 1.807) is 19.4 Å². The van der Waals surface area contributed by atoms with Crippen LogP contribution >= 0.6 is 0 Å². The fraction of sp³-hybridized carbons (Fsp3) is 0.467. The minimum atomic E-state index is -0.0477. The summed E-state index contributed by atoms with van der Waals surface area (Å²) in [6.07, 6.45) is 4.86. The second-order valence-electron chi connectivity index (χ2n) is 5.28. The summed E-state index contributed by atoms with van der Waals surface area (Å²) < 4.78 is 6.66. The number of aromatic nitrogens is 2. The lowest BCUT2D eigenvalue weighted by Gasteiger charge is -2.09. The van der Waals surface area contributed by atoms with E-state index < -0.39 is 0 Å². The van der Waals surface area contributed by atoms with E-state index in [4.69, 9.17) is 4.74 Å². The predicted molar refractivity (Wildman–Crippen MR) is 77.3 cm³/mol. The fourth-order valence-corrected chi connectivity index (χ4v) is 2.69. The maximum Gasteiger partial charge on any atom is 0.258 e. The average molecular weight is 273 g/mol. The van der Waals surface area contributed by atoms with Crippen LogP contribution in [0.1, 0.15) is 18.5 Å². The van der Waals surface area contributed by atoms with Crippen molar-refractivity contribution in [3.8, 4) is 5.75 Å². The summed E-state index contributed by atoms with van der Waals surface area (Å²) in [6, 6.07) is 5.28. The molecule has 1 saturated heterocycles. The lowest BCUT2D eigenvalue weighted by atomic mass is 10.0. The van der Waals surface area contributed by atoms with E-state index in [9.17, 15) is 4.79 Å². The van der Waals surface area contributed by atoms with Crippen LogP contribution in [0.15, 0.2) is 29.2 Å². The van der Waals surface area contributed by atoms with Gasteiger partial charge in [-0.05, 0) is 50.4 Å². The first-order valence-corrected chi connectivity index (χ1v) is 7.03. The highest BCUT2D eigenvalue weighted by Crippen LogP contribution is 2.15. The maximum atomic E-state index is 12.1. The Labute approximate surface area is 117 Å². The summed E-state index contributed by atoms with van der Waals surface area (Å²) in [6.45, 7) is 2.20. The molecule has 5 nitrogen and oxygen atoms in total. The van der Waals surface area contributed by atoms with E-state index in [0.29, 0.717) is 17.3 Å². The Balaban J connectivity index is 1.83. The van der Waals surface area contributed by atoms with Gasteiger partial charge in [-0.25, -0.2) is 4.98 Å². The van der Waals surface area contributed by atoms with Crippen molar-refractivity contribution < 1.29 is 4.74 Å². The van der Waals surface area contributed by atoms with Crippen molar-refractivity contribution in [1.29, 1.82) is 0 Å². The Bertz CT molecular complexity index is 660. The van der Waals surface area contributed by atoms with Gasteiger partial charge in [0.05, 0.1) is 13.3 Å². The lowest BCUT2D eigenvalue weighted by molar-refractivity contribution is 0.412. The van der Waals surface area contributed by atoms with Gasteiger partial charge in [-0.15, -0.1) is 0 Å². The van der Waals surface area contributed by atoms with E-state index in [0.717, 1.165) is 31.6 Å². The zero-order valence-electron chi connectivity index (χ0n) is 11.6. The summed E-state index contributed by atoms with van der Waals surface area (Å²) >= 11 is 0. The van der Waals surface area contributed by atoms with Gasteiger partial charge in [0.2, 0.25) is 0 Å². The Morgan fingerprint density at radius 2 is 2.40 bits per heavy atom. The minimum absolute atomic E-state index is 0.0477. The van der Waals surface area contributed by atoms with Gasteiger partial charge < -0.3 is 10.1 Å². The molecule has 0 aromatic carbocycles. The summed E-state index contributed by atoms with van der Waals surface area (Å²) in [4.78, 5) is 16.7. The Morgan fingerprint density at radius 1 is 1.50 bits per heavy atom. The van der Waals surface area contributed by atoms with Gasteiger partial charge in [-0.3, -0.25) is 9.20 Å². The van der Waals surface area contributed by atoms with E-state index in [-0.39, 0.29) is 5.56 Å². The molecule has 1 atom stereocenters. The van der Waals surface area contributed by atoms with Crippen molar-refractivity contribution >= 4 is 5.65 Å². The fourth-order valence-electron chi connectivity index (χ4n) is 2.69. The molecule has 2 aromatic rings. The molecular formula is C15H19N3O2. The molecule has 106 valence electrons. The number of nitrogens with zero attached hydrogens (tertiary/aromatic N) is 2. The van der Waals surface area contributed by atoms with Crippen molar-refractivity contribution in [1.82, 2.24) is 14.7 Å². The molecule has 0 spiro atoms. The van der Waals surface area contributed by atoms with Gasteiger partial charge in [0, 0.05) is 11.8 Å². The summed E-state index contributed by atoms with van der Waals surface area (Å²) in [7, 11) is 1.59. The number of pyridine rings is 1. The molecule has 0 aliphatic carbocycles. The van der Waals surface area contributed by atoms with Crippen LogP contribution in [-0.4, -0.2) is 29.6 Å². The van der Waals surface area contributed by atoms with Crippen LogP contribution in [0, 0.1) is 5.92 Å². The average Bonchev–Trinajstić information content (AvgIpc) is 2.98. The summed E-state index contributed by atoms with van der Waals surface area (Å²) in [5.41, 5.74) is 1.51. The third-order valence-corrected chi connectivity index (χ3v) is 3.89. The van der Waals surface area contributed by atoms with Crippen LogP contribution < -0.4 is 15.6 Å². The number of rotatable bonds is 4. The quantitative estimate of drug-likeness (QED) is 0.911. The highest BCUT2D eigenvalue weighted by atomic mass is 16.5. The molecule has 20 heavy (non-hydrogen) atoms. The van der Waals surface area contributed by atoms with E-state index in [2.05, 4.69) is 10.3 Å². The molecule has 0 amide bonds. The Kier molecular flexibility index (Phi) is 3.69. The Hall–Kier alpha value is -1.88. The molecule has 1 unspecified atom stereocenters. The van der Waals surface area contributed by atoms with Gasteiger partial charge in [0.15, 0.2) is 0 Å². The first-order valence-electron chi connectivity index (χ1n) is 7.03. The van der Waals surface area contributed by atoms with Gasteiger partial charge in [-0.1, -0.05) is 0 Å². The van der Waals surface area contributed by atoms with Crippen molar-refractivity contribution in [2.45, 2.75) is 19.3 Å². The number of methoxy groups -OCH3 is 1. The van der Waals surface area contributed by atoms with E-state index in [1.165, 1.54) is 10.8 Å². The van der Waals surface area contributed by atoms with Crippen molar-refractivity contribution in [2.24, 2.45) is 5.92 Å². The number of ether oxygens (including phenoxy) is 1. The normalized spacial score (nSPS) is 18.6. The smallest absolute Gasteiger partial charge is 0.258 e. The van der Waals surface area contributed by atoms with Crippen LogP contribution in [0.4, 0.5) is 0 Å². The molecular weight excluding hydrogens is 254 g/mol. The van der Waals surface area contributed by atoms with Crippen molar-refractivity contribution in [2.75, 3.05) is 20.2 Å². The van der Waals surface area contributed by atoms with Crippen LogP contribution in [0.2, 0.25) is 0 Å². The molecule has 1 fully saturated rings. The second-order valence-corrected chi connectivity index (χ2v) is 5.28. The van der Waals surface area contributed by atoms with Crippen molar-refractivity contribution in [3.05, 3.63) is 40.4 Å². The van der Waals surface area contributed by atoms with Crippen LogP contribution in [-0.2, 0) is 6.42 Å². The molecule has 1 aliphatic heterocycles. The summed E-state index contributed by atoms with van der Waals surface area (Å²) in [5.74, 6) is 1.37. The van der Waals surface area contributed by atoms with E-state index in [1.807, 2.05) is 12.1 Å². The predicted octanol–water partition coefficient (Wildman–Crippen LogP) is 1.25. The number of nitrogens with one attached hydrogen (secondary N) is 1. The molecule has 1 N–H and O–H groups in total. The van der Waals surface area contributed by atoms with Crippen molar-refractivity contribution in [3.63, 3.8) is 0 Å². The molecule has 1 aliphatic rings. The van der Waals surface area contributed by atoms with Crippen LogP contribution in [0.3, 0.4) is 0 Å². The lowest BCUT2D eigenvalue weighted by Crippen LogP contribution is -2.16. The number of hydrogen-bond acceptors (Lipinski definition) is 4. The van der Waals surface area contributed by atoms with Gasteiger partial charge in [0.25, 0.3) is 5.56 Å². The standard InChI is InChI=1S/C15H19N3O2/c1-20-13-4-5-14-17-12(8-15(19)18(14)10-13)3-2-11-6-7-16-9-11/h4-5,8,10-11,16H,2-3,6-7,9H2,1H3. The molecule has 0 radical (unpaired) electrons. The van der Waals surface area contributed by atoms with Gasteiger partial charge in [-0.2, -0.15) is 0 Å². The van der Waals surface area contributed by atoms with Gasteiger partial charge >= 0.3 is 0 Å².